The van der Waals surface area contributed by atoms with Crippen LogP contribution in [-0.2, 0) is 9.53 Å². The van der Waals surface area contributed by atoms with E-state index in [4.69, 9.17) is 10.5 Å². The molecule has 0 spiro atoms. The lowest BCUT2D eigenvalue weighted by molar-refractivity contribution is -0.133. The van der Waals surface area contributed by atoms with Crippen molar-refractivity contribution >= 4 is 5.91 Å². The van der Waals surface area contributed by atoms with Crippen molar-refractivity contribution in [3.63, 3.8) is 0 Å². The Balaban J connectivity index is 1.80. The minimum atomic E-state index is -0.272. The molecule has 0 aromatic carbocycles. The van der Waals surface area contributed by atoms with Crippen LogP contribution in [0.1, 0.15) is 46.0 Å². The molecule has 4 nitrogen and oxygen atoms in total. The zero-order chi connectivity index (χ0) is 13.1. The van der Waals surface area contributed by atoms with Gasteiger partial charge in [0.1, 0.15) is 6.10 Å². The number of nitrogens with one attached hydrogen (secondary N) is 1. The maximum absolute atomic E-state index is 12.1. The molecule has 1 amide bonds. The number of carbonyl (C=O) groups is 1. The highest BCUT2D eigenvalue weighted by molar-refractivity contribution is 5.81. The fourth-order valence-electron chi connectivity index (χ4n) is 3.43. The van der Waals surface area contributed by atoms with Gasteiger partial charge in [0, 0.05) is 12.6 Å². The zero-order valence-corrected chi connectivity index (χ0v) is 11.5. The van der Waals surface area contributed by atoms with Crippen LogP contribution >= 0.6 is 0 Å². The molecule has 1 aliphatic carbocycles. The predicted molar refractivity (Wildman–Crippen MR) is 71.1 cm³/mol. The minimum absolute atomic E-state index is 0.0669. The van der Waals surface area contributed by atoms with Crippen LogP contribution < -0.4 is 11.1 Å². The summed E-state index contributed by atoms with van der Waals surface area (Å²) in [5.74, 6) is 1.48. The molecule has 0 aromatic rings. The van der Waals surface area contributed by atoms with E-state index in [1.54, 1.807) is 0 Å². The third kappa shape index (κ3) is 3.45. The van der Waals surface area contributed by atoms with Gasteiger partial charge in [-0.1, -0.05) is 13.8 Å². The van der Waals surface area contributed by atoms with E-state index in [0.717, 1.165) is 25.7 Å². The van der Waals surface area contributed by atoms with Crippen LogP contribution in [0.5, 0.6) is 0 Å². The van der Waals surface area contributed by atoms with Gasteiger partial charge in [0.25, 0.3) is 0 Å². The monoisotopic (exact) mass is 254 g/mol. The van der Waals surface area contributed by atoms with Gasteiger partial charge in [0.05, 0.1) is 6.10 Å². The molecule has 0 aromatic heterocycles. The van der Waals surface area contributed by atoms with E-state index < -0.39 is 0 Å². The van der Waals surface area contributed by atoms with E-state index in [2.05, 4.69) is 19.2 Å². The molecular formula is C14H26N2O2. The molecule has 18 heavy (non-hydrogen) atoms. The van der Waals surface area contributed by atoms with Crippen molar-refractivity contribution in [3.8, 4) is 0 Å². The topological polar surface area (TPSA) is 64.4 Å². The maximum Gasteiger partial charge on any atom is 0.249 e. The van der Waals surface area contributed by atoms with Crippen LogP contribution in [0.15, 0.2) is 0 Å². The van der Waals surface area contributed by atoms with Crippen LogP contribution in [0.4, 0.5) is 0 Å². The van der Waals surface area contributed by atoms with E-state index in [1.165, 1.54) is 6.42 Å². The summed E-state index contributed by atoms with van der Waals surface area (Å²) in [6.07, 6.45) is 5.00. The molecule has 1 saturated carbocycles. The van der Waals surface area contributed by atoms with Gasteiger partial charge >= 0.3 is 0 Å². The van der Waals surface area contributed by atoms with Crippen molar-refractivity contribution in [2.45, 2.75) is 64.2 Å². The second-order valence-corrected chi connectivity index (χ2v) is 6.18. The molecule has 4 heteroatoms. The molecule has 2 fully saturated rings. The Bertz CT molecular complexity index is 286. The first-order valence-electron chi connectivity index (χ1n) is 7.24. The zero-order valence-electron chi connectivity index (χ0n) is 11.5. The van der Waals surface area contributed by atoms with Gasteiger partial charge < -0.3 is 15.8 Å². The third-order valence-corrected chi connectivity index (χ3v) is 4.19. The first-order chi connectivity index (χ1) is 8.58. The lowest BCUT2D eigenvalue weighted by Gasteiger charge is -2.32. The maximum atomic E-state index is 12.1. The summed E-state index contributed by atoms with van der Waals surface area (Å²) in [5, 5.41) is 3.16. The summed E-state index contributed by atoms with van der Waals surface area (Å²) in [7, 11) is 0. The standard InChI is InChI=1S/C14H26N2O2/c1-9-5-10(2)7-11(6-9)16-14(17)13-4-3-12(8-15)18-13/h9-13H,3-8,15H2,1-2H3,(H,16,17). The van der Waals surface area contributed by atoms with Crippen LogP contribution in [0.25, 0.3) is 0 Å². The Kier molecular flexibility index (Phi) is 4.62. The van der Waals surface area contributed by atoms with Crippen LogP contribution in [-0.4, -0.2) is 30.7 Å². The van der Waals surface area contributed by atoms with Crippen molar-refractivity contribution in [1.82, 2.24) is 5.32 Å². The van der Waals surface area contributed by atoms with Crippen LogP contribution in [0, 0.1) is 11.8 Å². The molecule has 1 aliphatic heterocycles. The lowest BCUT2D eigenvalue weighted by atomic mass is 9.80. The Morgan fingerprint density at radius 3 is 2.44 bits per heavy atom. The lowest BCUT2D eigenvalue weighted by Crippen LogP contribution is -2.44. The second-order valence-electron chi connectivity index (χ2n) is 6.18. The average Bonchev–Trinajstić information content (AvgIpc) is 2.75. The van der Waals surface area contributed by atoms with Gasteiger partial charge in [-0.2, -0.15) is 0 Å². The van der Waals surface area contributed by atoms with Gasteiger partial charge in [-0.05, 0) is 43.9 Å². The first-order valence-corrected chi connectivity index (χ1v) is 7.24. The molecule has 104 valence electrons. The van der Waals surface area contributed by atoms with Gasteiger partial charge in [0.2, 0.25) is 5.91 Å². The van der Waals surface area contributed by atoms with Crippen molar-refractivity contribution in [2.24, 2.45) is 17.6 Å². The van der Waals surface area contributed by atoms with Crippen LogP contribution in [0.2, 0.25) is 0 Å². The van der Waals surface area contributed by atoms with Gasteiger partial charge in [-0.15, -0.1) is 0 Å². The fraction of sp³-hybridized carbons (Fsp3) is 0.929. The predicted octanol–water partition coefficient (Wildman–Crippen LogP) is 1.43. The molecule has 1 heterocycles. The smallest absolute Gasteiger partial charge is 0.249 e. The molecule has 4 atom stereocenters. The molecule has 4 unspecified atom stereocenters. The largest absolute Gasteiger partial charge is 0.364 e. The van der Waals surface area contributed by atoms with E-state index in [9.17, 15) is 4.79 Å². The quantitative estimate of drug-likeness (QED) is 0.801. The molecule has 0 bridgehead atoms. The summed E-state index contributed by atoms with van der Waals surface area (Å²) >= 11 is 0. The molecule has 0 radical (unpaired) electrons. The fourth-order valence-corrected chi connectivity index (χ4v) is 3.43. The Morgan fingerprint density at radius 1 is 1.22 bits per heavy atom. The molecule has 2 rings (SSSR count). The third-order valence-electron chi connectivity index (χ3n) is 4.19. The van der Waals surface area contributed by atoms with E-state index >= 15 is 0 Å². The average molecular weight is 254 g/mol. The molecule has 3 N–H and O–H groups in total. The van der Waals surface area contributed by atoms with Gasteiger partial charge in [-0.3, -0.25) is 4.79 Å². The number of carbonyl (C=O) groups excluding carboxylic acids is 1. The summed E-state index contributed by atoms with van der Waals surface area (Å²) < 4.78 is 5.63. The summed E-state index contributed by atoms with van der Waals surface area (Å²) in [5.41, 5.74) is 5.56. The van der Waals surface area contributed by atoms with Gasteiger partial charge in [0.15, 0.2) is 0 Å². The SMILES string of the molecule is CC1CC(C)CC(NC(=O)C2CCC(CN)O2)C1. The Hall–Kier alpha value is -0.610. The van der Waals surface area contributed by atoms with Crippen molar-refractivity contribution in [1.29, 1.82) is 0 Å². The minimum Gasteiger partial charge on any atom is -0.364 e. The van der Waals surface area contributed by atoms with Crippen molar-refractivity contribution in [2.75, 3.05) is 6.54 Å². The number of hydrogen-bond donors (Lipinski definition) is 2. The number of ether oxygens (including phenoxy) is 1. The Labute approximate surface area is 110 Å². The molecular weight excluding hydrogens is 228 g/mol. The second kappa shape index (κ2) is 6.02. The highest BCUT2D eigenvalue weighted by Gasteiger charge is 2.32. The van der Waals surface area contributed by atoms with Crippen LogP contribution in [0.3, 0.4) is 0 Å². The number of amides is 1. The first kappa shape index (κ1) is 13.8. The highest BCUT2D eigenvalue weighted by Crippen LogP contribution is 2.29. The van der Waals surface area contributed by atoms with Crippen molar-refractivity contribution < 1.29 is 9.53 Å². The van der Waals surface area contributed by atoms with E-state index in [1.807, 2.05) is 0 Å². The molecule has 2 aliphatic rings. The Morgan fingerprint density at radius 2 is 1.89 bits per heavy atom. The number of hydrogen-bond acceptors (Lipinski definition) is 3. The van der Waals surface area contributed by atoms with Crippen molar-refractivity contribution in [3.05, 3.63) is 0 Å². The summed E-state index contributed by atoms with van der Waals surface area (Å²) in [4.78, 5) is 12.1. The number of rotatable bonds is 3. The van der Waals surface area contributed by atoms with E-state index in [0.29, 0.717) is 24.4 Å². The van der Waals surface area contributed by atoms with E-state index in [-0.39, 0.29) is 18.1 Å². The summed E-state index contributed by atoms with van der Waals surface area (Å²) in [6, 6.07) is 0.330. The molecule has 1 saturated heterocycles. The highest BCUT2D eigenvalue weighted by atomic mass is 16.5. The summed E-state index contributed by atoms with van der Waals surface area (Å²) in [6.45, 7) is 5.05. The van der Waals surface area contributed by atoms with Gasteiger partial charge in [-0.25, -0.2) is 0 Å². The normalized spacial score (nSPS) is 40.7. The number of nitrogens with two attached hydrogens (primary N) is 1.